The van der Waals surface area contributed by atoms with Gasteiger partial charge in [-0.2, -0.15) is 0 Å². The lowest BCUT2D eigenvalue weighted by Gasteiger charge is -2.07. The third-order valence-electron chi connectivity index (χ3n) is 2.47. The van der Waals surface area contributed by atoms with Gasteiger partial charge in [0.15, 0.2) is 11.5 Å². The zero-order chi connectivity index (χ0) is 13.5. The third kappa shape index (κ3) is 4.03. The molecule has 1 N–H and O–H groups in total. The van der Waals surface area contributed by atoms with Crippen LogP contribution in [0.5, 0.6) is 11.5 Å². The van der Waals surface area contributed by atoms with E-state index in [0.29, 0.717) is 19.8 Å². The number of nitrogens with one attached hydrogen (secondary N) is 1. The highest BCUT2D eigenvalue weighted by atomic mass is 16.7. The summed E-state index contributed by atoms with van der Waals surface area (Å²) in [4.78, 5) is 11.0. The van der Waals surface area contributed by atoms with Crippen molar-refractivity contribution in [3.8, 4) is 11.5 Å². The summed E-state index contributed by atoms with van der Waals surface area (Å²) in [5.74, 6) is 1.15. The zero-order valence-corrected chi connectivity index (χ0v) is 10.8. The Morgan fingerprint density at radius 1 is 1.37 bits per heavy atom. The molecule has 104 valence electrons. The van der Waals surface area contributed by atoms with Gasteiger partial charge >= 0.3 is 5.97 Å². The molecule has 1 aliphatic rings. The largest absolute Gasteiger partial charge is 0.464 e. The number of hydrogen-bond donors (Lipinski definition) is 1. The molecular formula is C13H17NO5. The second kappa shape index (κ2) is 6.84. The van der Waals surface area contributed by atoms with E-state index >= 15 is 0 Å². The topological polar surface area (TPSA) is 66.0 Å². The van der Waals surface area contributed by atoms with Crippen molar-refractivity contribution in [2.75, 3.05) is 38.5 Å². The first-order valence-electron chi connectivity index (χ1n) is 6.16. The van der Waals surface area contributed by atoms with Crippen molar-refractivity contribution in [1.82, 2.24) is 0 Å². The van der Waals surface area contributed by atoms with Crippen LogP contribution < -0.4 is 14.8 Å². The van der Waals surface area contributed by atoms with Crippen molar-refractivity contribution in [2.24, 2.45) is 0 Å². The Morgan fingerprint density at radius 3 is 3.05 bits per heavy atom. The molecule has 0 bridgehead atoms. The van der Waals surface area contributed by atoms with Gasteiger partial charge in [-0.05, 0) is 19.1 Å². The first-order chi connectivity index (χ1) is 9.29. The lowest BCUT2D eigenvalue weighted by atomic mass is 10.3. The van der Waals surface area contributed by atoms with Crippen LogP contribution in [0.1, 0.15) is 6.92 Å². The van der Waals surface area contributed by atoms with Gasteiger partial charge in [-0.1, -0.05) is 0 Å². The van der Waals surface area contributed by atoms with E-state index in [-0.39, 0.29) is 19.4 Å². The summed E-state index contributed by atoms with van der Waals surface area (Å²) in [6, 6.07) is 5.62. The van der Waals surface area contributed by atoms with E-state index in [1.807, 2.05) is 18.2 Å². The SMILES string of the molecule is CCOC(=O)COCCNc1ccc2c(c1)OCO2. The molecule has 1 aliphatic heterocycles. The van der Waals surface area contributed by atoms with Crippen molar-refractivity contribution in [2.45, 2.75) is 6.92 Å². The maximum absolute atomic E-state index is 11.0. The second-order valence-electron chi connectivity index (χ2n) is 3.85. The number of esters is 1. The van der Waals surface area contributed by atoms with E-state index in [0.717, 1.165) is 17.2 Å². The van der Waals surface area contributed by atoms with Gasteiger partial charge in [-0.15, -0.1) is 0 Å². The lowest BCUT2D eigenvalue weighted by Crippen LogP contribution is -2.16. The second-order valence-corrected chi connectivity index (χ2v) is 3.85. The summed E-state index contributed by atoms with van der Waals surface area (Å²) < 4.78 is 20.4. The van der Waals surface area contributed by atoms with Crippen LogP contribution in [0.3, 0.4) is 0 Å². The molecule has 0 saturated heterocycles. The summed E-state index contributed by atoms with van der Waals surface area (Å²) >= 11 is 0. The van der Waals surface area contributed by atoms with Crippen LogP contribution in [0.25, 0.3) is 0 Å². The number of carbonyl (C=O) groups is 1. The molecule has 1 heterocycles. The zero-order valence-electron chi connectivity index (χ0n) is 10.8. The van der Waals surface area contributed by atoms with E-state index in [9.17, 15) is 4.79 Å². The molecular weight excluding hydrogens is 250 g/mol. The molecule has 0 unspecified atom stereocenters. The molecule has 2 rings (SSSR count). The first kappa shape index (κ1) is 13.5. The van der Waals surface area contributed by atoms with Crippen LogP contribution in [-0.4, -0.2) is 39.1 Å². The molecule has 0 radical (unpaired) electrons. The third-order valence-corrected chi connectivity index (χ3v) is 2.47. The van der Waals surface area contributed by atoms with Crippen LogP contribution in [0, 0.1) is 0 Å². The molecule has 6 nitrogen and oxygen atoms in total. The number of rotatable bonds is 7. The van der Waals surface area contributed by atoms with Crippen molar-refractivity contribution < 1.29 is 23.7 Å². The average molecular weight is 267 g/mol. The minimum atomic E-state index is -0.342. The average Bonchev–Trinajstić information content (AvgIpc) is 2.86. The van der Waals surface area contributed by atoms with Crippen molar-refractivity contribution in [3.63, 3.8) is 0 Å². The Hall–Kier alpha value is -1.95. The molecule has 0 amide bonds. The monoisotopic (exact) mass is 267 g/mol. The maximum Gasteiger partial charge on any atom is 0.332 e. The van der Waals surface area contributed by atoms with Gasteiger partial charge in [0, 0.05) is 18.3 Å². The highest BCUT2D eigenvalue weighted by Gasteiger charge is 2.12. The van der Waals surface area contributed by atoms with Crippen LogP contribution in [0.15, 0.2) is 18.2 Å². The van der Waals surface area contributed by atoms with Crippen molar-refractivity contribution >= 4 is 11.7 Å². The Morgan fingerprint density at radius 2 is 2.21 bits per heavy atom. The van der Waals surface area contributed by atoms with E-state index in [4.69, 9.17) is 18.9 Å². The van der Waals surface area contributed by atoms with Gasteiger partial charge in [-0.3, -0.25) is 0 Å². The fraction of sp³-hybridized carbons (Fsp3) is 0.462. The van der Waals surface area contributed by atoms with Gasteiger partial charge in [-0.25, -0.2) is 4.79 Å². The quantitative estimate of drug-likeness (QED) is 0.595. The lowest BCUT2D eigenvalue weighted by molar-refractivity contribution is -0.148. The standard InChI is InChI=1S/C13H17NO5/c1-2-17-13(15)8-16-6-5-14-10-3-4-11-12(7-10)19-9-18-11/h3-4,7,14H,2,5-6,8-9H2,1H3. The van der Waals surface area contributed by atoms with E-state index < -0.39 is 0 Å². The number of carbonyl (C=O) groups excluding carboxylic acids is 1. The minimum absolute atomic E-state index is 0.0172. The molecule has 1 aromatic rings. The normalized spacial score (nSPS) is 12.3. The molecule has 0 aromatic heterocycles. The maximum atomic E-state index is 11.0. The molecule has 0 aliphatic carbocycles. The summed E-state index contributed by atoms with van der Waals surface area (Å²) in [5.41, 5.74) is 0.920. The fourth-order valence-electron chi connectivity index (χ4n) is 1.63. The molecule has 0 atom stereocenters. The van der Waals surface area contributed by atoms with Crippen LogP contribution in [0.4, 0.5) is 5.69 Å². The summed E-state index contributed by atoms with van der Waals surface area (Å²) in [6.45, 7) is 3.40. The van der Waals surface area contributed by atoms with Crippen LogP contribution in [0.2, 0.25) is 0 Å². The summed E-state index contributed by atoms with van der Waals surface area (Å²) in [5, 5.41) is 3.17. The number of ether oxygens (including phenoxy) is 4. The number of anilines is 1. The predicted molar refractivity (Wildman–Crippen MR) is 68.5 cm³/mol. The molecule has 0 saturated carbocycles. The van der Waals surface area contributed by atoms with Gasteiger partial charge in [0.1, 0.15) is 6.61 Å². The Kier molecular flexibility index (Phi) is 4.85. The van der Waals surface area contributed by atoms with E-state index in [1.54, 1.807) is 6.92 Å². The van der Waals surface area contributed by atoms with Gasteiger partial charge in [0.25, 0.3) is 0 Å². The van der Waals surface area contributed by atoms with Crippen LogP contribution in [-0.2, 0) is 14.3 Å². The Labute approximate surface area is 111 Å². The van der Waals surface area contributed by atoms with Gasteiger partial charge in [0.05, 0.1) is 13.2 Å². The van der Waals surface area contributed by atoms with E-state index in [1.165, 1.54) is 0 Å². The number of fused-ring (bicyclic) bond motifs is 1. The minimum Gasteiger partial charge on any atom is -0.464 e. The summed E-state index contributed by atoms with van der Waals surface area (Å²) in [7, 11) is 0. The smallest absolute Gasteiger partial charge is 0.332 e. The highest BCUT2D eigenvalue weighted by molar-refractivity contribution is 5.70. The molecule has 19 heavy (non-hydrogen) atoms. The first-order valence-corrected chi connectivity index (χ1v) is 6.16. The highest BCUT2D eigenvalue weighted by Crippen LogP contribution is 2.34. The fourth-order valence-corrected chi connectivity index (χ4v) is 1.63. The Balaban J connectivity index is 1.65. The molecule has 6 heteroatoms. The molecule has 0 fully saturated rings. The molecule has 0 spiro atoms. The number of benzene rings is 1. The van der Waals surface area contributed by atoms with Gasteiger partial charge < -0.3 is 24.3 Å². The van der Waals surface area contributed by atoms with E-state index in [2.05, 4.69) is 5.32 Å². The summed E-state index contributed by atoms with van der Waals surface area (Å²) in [6.07, 6.45) is 0. The molecule has 1 aromatic carbocycles. The number of hydrogen-bond acceptors (Lipinski definition) is 6. The van der Waals surface area contributed by atoms with Gasteiger partial charge in [0.2, 0.25) is 6.79 Å². The van der Waals surface area contributed by atoms with Crippen molar-refractivity contribution in [1.29, 1.82) is 0 Å². The van der Waals surface area contributed by atoms with Crippen molar-refractivity contribution in [3.05, 3.63) is 18.2 Å². The van der Waals surface area contributed by atoms with Crippen LogP contribution >= 0.6 is 0 Å². The Bertz CT molecular complexity index is 435. The predicted octanol–water partition coefficient (Wildman–Crippen LogP) is 1.41.